The second-order valence-electron chi connectivity index (χ2n) is 7.56. The van der Waals surface area contributed by atoms with Gasteiger partial charge in [-0.1, -0.05) is 12.1 Å². The molecule has 1 heterocycles. The van der Waals surface area contributed by atoms with Gasteiger partial charge in [0.2, 0.25) is 0 Å². The van der Waals surface area contributed by atoms with Crippen molar-refractivity contribution >= 4 is 29.2 Å². The van der Waals surface area contributed by atoms with Crippen LogP contribution in [0.3, 0.4) is 0 Å². The molecule has 3 rings (SSSR count). The Balaban J connectivity index is 2.07. The molecule has 29 heavy (non-hydrogen) atoms. The first-order valence-electron chi connectivity index (χ1n) is 9.15. The molecule has 8 heteroatoms. The number of hydrogen-bond donors (Lipinski definition) is 1. The number of hydrogen-bond acceptors (Lipinski definition) is 4. The summed E-state index contributed by atoms with van der Waals surface area (Å²) in [5, 5.41) is 4.62. The average molecular weight is 421 g/mol. The molecule has 0 aliphatic heterocycles. The van der Waals surface area contributed by atoms with Gasteiger partial charge in [0, 0.05) is 10.7 Å². The van der Waals surface area contributed by atoms with Crippen molar-refractivity contribution in [2.24, 2.45) is 0 Å². The second-order valence-corrected chi connectivity index (χ2v) is 10.8. The van der Waals surface area contributed by atoms with Crippen molar-refractivity contribution in [1.29, 1.82) is 0 Å². The monoisotopic (exact) mass is 421 g/mol. The quantitative estimate of drug-likeness (QED) is 0.550. The lowest BCUT2D eigenvalue weighted by Gasteiger charge is -2.21. The van der Waals surface area contributed by atoms with Crippen LogP contribution >= 0.6 is 7.14 Å². The number of benzene rings is 2. The molecule has 0 aliphatic carbocycles. The third-order valence-electron chi connectivity index (χ3n) is 4.91. The van der Waals surface area contributed by atoms with Crippen molar-refractivity contribution in [2.45, 2.75) is 33.0 Å². The molecule has 0 aliphatic rings. The maximum absolute atomic E-state index is 13.3. The van der Waals surface area contributed by atoms with Crippen LogP contribution in [0.25, 0.3) is 10.9 Å². The molecule has 1 aromatic heterocycles. The zero-order chi connectivity index (χ0) is 21.6. The van der Waals surface area contributed by atoms with Crippen molar-refractivity contribution in [3.8, 4) is 0 Å². The number of alkyl halides is 3. The Morgan fingerprint density at radius 1 is 1.07 bits per heavy atom. The smallest absolute Gasteiger partial charge is 0.363 e. The molecule has 3 aromatic rings. The Bertz CT molecular complexity index is 1120. The summed E-state index contributed by atoms with van der Waals surface area (Å²) in [5.41, 5.74) is 0.761. The van der Waals surface area contributed by atoms with Crippen LogP contribution in [-0.4, -0.2) is 23.3 Å². The van der Waals surface area contributed by atoms with E-state index in [1.807, 2.05) is 0 Å². The fourth-order valence-electron chi connectivity index (χ4n) is 3.39. The highest BCUT2D eigenvalue weighted by Gasteiger charge is 2.33. The molecule has 0 spiro atoms. The average Bonchev–Trinajstić information content (AvgIpc) is 2.59. The summed E-state index contributed by atoms with van der Waals surface area (Å²) >= 11 is 0. The zero-order valence-corrected chi connectivity index (χ0v) is 17.8. The van der Waals surface area contributed by atoms with E-state index in [4.69, 9.17) is 0 Å². The molecular weight excluding hydrogens is 398 g/mol. The molecule has 0 bridgehead atoms. The molecule has 0 saturated heterocycles. The van der Waals surface area contributed by atoms with E-state index in [0.717, 1.165) is 6.07 Å². The van der Waals surface area contributed by atoms with Crippen LogP contribution in [-0.2, 0) is 10.7 Å². The van der Waals surface area contributed by atoms with Crippen LogP contribution in [0.5, 0.6) is 0 Å². The number of aromatic nitrogens is 2. The SMILES string of the molecule is Cc1nc(N[C@H](C)c2cccc(C(F)(F)F)c2C)c2cc(P(C)(C)=O)ccc2n1. The Morgan fingerprint density at radius 2 is 1.76 bits per heavy atom. The number of fused-ring (bicyclic) bond motifs is 1. The standard InChI is InChI=1S/C21H23F3N3OP/c1-12-16(7-6-8-18(12)21(22,23)24)13(2)25-20-17-11-15(29(4,5)28)9-10-19(17)26-14(3)27-20/h6-11,13H,1-5H3,(H,25,26,27)/t13-/m1/s1. The fourth-order valence-corrected chi connectivity index (χ4v) is 4.26. The maximum atomic E-state index is 13.3. The minimum atomic E-state index is -4.41. The third-order valence-corrected chi connectivity index (χ3v) is 6.44. The first-order chi connectivity index (χ1) is 13.4. The predicted molar refractivity (Wildman–Crippen MR) is 112 cm³/mol. The van der Waals surface area contributed by atoms with E-state index in [1.54, 1.807) is 51.4 Å². The van der Waals surface area contributed by atoms with Crippen molar-refractivity contribution in [1.82, 2.24) is 9.97 Å². The Hall–Kier alpha value is -2.40. The van der Waals surface area contributed by atoms with Crippen LogP contribution in [0.15, 0.2) is 36.4 Å². The van der Waals surface area contributed by atoms with Crippen molar-refractivity contribution in [3.05, 3.63) is 58.9 Å². The summed E-state index contributed by atoms with van der Waals surface area (Å²) in [6.45, 7) is 8.39. The van der Waals surface area contributed by atoms with Gasteiger partial charge in [-0.25, -0.2) is 9.97 Å². The van der Waals surface area contributed by atoms with E-state index in [2.05, 4.69) is 15.3 Å². The van der Waals surface area contributed by atoms with Gasteiger partial charge in [0.1, 0.15) is 18.8 Å². The van der Waals surface area contributed by atoms with Gasteiger partial charge in [-0.15, -0.1) is 0 Å². The number of rotatable bonds is 4. The Kier molecular flexibility index (Phi) is 5.48. The van der Waals surface area contributed by atoms with Crippen LogP contribution in [0.2, 0.25) is 0 Å². The van der Waals surface area contributed by atoms with Gasteiger partial charge in [-0.3, -0.25) is 0 Å². The molecular formula is C21H23F3N3OP. The Morgan fingerprint density at radius 3 is 2.38 bits per heavy atom. The molecule has 1 N–H and O–H groups in total. The lowest BCUT2D eigenvalue weighted by Crippen LogP contribution is -2.15. The highest BCUT2D eigenvalue weighted by Crippen LogP contribution is 2.37. The van der Waals surface area contributed by atoms with Crippen LogP contribution in [0.4, 0.5) is 19.0 Å². The number of nitrogens with zero attached hydrogens (tertiary/aromatic N) is 2. The van der Waals surface area contributed by atoms with E-state index < -0.39 is 24.9 Å². The summed E-state index contributed by atoms with van der Waals surface area (Å²) in [4.78, 5) is 8.87. The lowest BCUT2D eigenvalue weighted by molar-refractivity contribution is -0.138. The number of anilines is 1. The molecule has 1 atom stereocenters. The second kappa shape index (κ2) is 7.45. The van der Waals surface area contributed by atoms with Gasteiger partial charge in [0.25, 0.3) is 0 Å². The van der Waals surface area contributed by atoms with E-state index in [-0.39, 0.29) is 5.56 Å². The number of nitrogens with one attached hydrogen (secondary N) is 1. The van der Waals surface area contributed by atoms with Gasteiger partial charge in [-0.2, -0.15) is 13.2 Å². The molecule has 0 unspecified atom stereocenters. The number of aryl methyl sites for hydroxylation is 1. The molecule has 0 amide bonds. The molecule has 2 aromatic carbocycles. The zero-order valence-electron chi connectivity index (χ0n) is 16.9. The highest BCUT2D eigenvalue weighted by molar-refractivity contribution is 7.70. The van der Waals surface area contributed by atoms with Crippen molar-refractivity contribution in [2.75, 3.05) is 18.6 Å². The van der Waals surface area contributed by atoms with Gasteiger partial charge in [-0.05, 0) is 69.5 Å². The van der Waals surface area contributed by atoms with Crippen LogP contribution < -0.4 is 10.6 Å². The van der Waals surface area contributed by atoms with Crippen molar-refractivity contribution < 1.29 is 17.7 Å². The summed E-state index contributed by atoms with van der Waals surface area (Å²) in [7, 11) is -2.49. The Labute approximate surface area is 168 Å². The minimum absolute atomic E-state index is 0.183. The predicted octanol–water partition coefficient (Wildman–Crippen LogP) is 5.69. The molecule has 0 fully saturated rings. The summed E-state index contributed by atoms with van der Waals surface area (Å²) < 4.78 is 52.3. The first-order valence-corrected chi connectivity index (χ1v) is 11.7. The largest absolute Gasteiger partial charge is 0.416 e. The van der Waals surface area contributed by atoms with Crippen LogP contribution in [0, 0.1) is 13.8 Å². The number of halogens is 3. The normalized spacial score (nSPS) is 13.5. The van der Waals surface area contributed by atoms with Gasteiger partial charge < -0.3 is 9.88 Å². The molecule has 0 saturated carbocycles. The van der Waals surface area contributed by atoms with Gasteiger partial charge >= 0.3 is 6.18 Å². The molecule has 4 nitrogen and oxygen atoms in total. The lowest BCUT2D eigenvalue weighted by atomic mass is 9.97. The topological polar surface area (TPSA) is 54.9 Å². The van der Waals surface area contributed by atoms with Crippen LogP contribution in [0.1, 0.15) is 35.5 Å². The summed E-state index contributed by atoms with van der Waals surface area (Å²) in [5.74, 6) is 1.05. The fraction of sp³-hybridized carbons (Fsp3) is 0.333. The van der Waals surface area contributed by atoms with E-state index in [1.165, 1.54) is 13.0 Å². The van der Waals surface area contributed by atoms with Crippen molar-refractivity contribution in [3.63, 3.8) is 0 Å². The van der Waals surface area contributed by atoms with Gasteiger partial charge in [0.05, 0.1) is 17.1 Å². The minimum Gasteiger partial charge on any atom is -0.363 e. The van der Waals surface area contributed by atoms with E-state index in [0.29, 0.717) is 33.4 Å². The van der Waals surface area contributed by atoms with E-state index >= 15 is 0 Å². The summed E-state index contributed by atoms with van der Waals surface area (Å²) in [6.07, 6.45) is -4.41. The molecule has 154 valence electrons. The first kappa shape index (κ1) is 21.3. The van der Waals surface area contributed by atoms with Gasteiger partial charge in [0.15, 0.2) is 0 Å². The maximum Gasteiger partial charge on any atom is 0.416 e. The molecule has 0 radical (unpaired) electrons. The summed E-state index contributed by atoms with van der Waals surface area (Å²) in [6, 6.07) is 9.13. The highest BCUT2D eigenvalue weighted by atomic mass is 31.2. The van der Waals surface area contributed by atoms with E-state index in [9.17, 15) is 17.7 Å². The third kappa shape index (κ3) is 4.45.